The molecule has 1 N–H and O–H groups in total. The average molecular weight is 366 g/mol. The van der Waals surface area contributed by atoms with E-state index in [1.54, 1.807) is 0 Å². The summed E-state index contributed by atoms with van der Waals surface area (Å²) in [6.45, 7) is 3.08. The third-order valence-corrected chi connectivity index (χ3v) is 5.22. The molecule has 0 aliphatic carbocycles. The largest absolute Gasteiger partial charge is 0.454 e. The molecule has 1 saturated heterocycles. The highest BCUT2D eigenvalue weighted by Crippen LogP contribution is 2.32. The van der Waals surface area contributed by atoms with Gasteiger partial charge in [-0.05, 0) is 61.1 Å². The molecule has 4 rings (SSSR count). The van der Waals surface area contributed by atoms with Crippen molar-refractivity contribution in [2.75, 3.05) is 24.8 Å². The van der Waals surface area contributed by atoms with Crippen LogP contribution < -0.4 is 19.7 Å². The molecule has 1 amide bonds. The molecular weight excluding hydrogens is 340 g/mol. The number of piperidine rings is 1. The minimum atomic E-state index is 0.0628. The van der Waals surface area contributed by atoms with Crippen LogP contribution >= 0.6 is 0 Å². The number of ether oxygens (including phenoxy) is 2. The number of carbonyl (C=O) groups is 1. The number of rotatable bonds is 6. The van der Waals surface area contributed by atoms with Crippen LogP contribution in [0.25, 0.3) is 0 Å². The Bertz CT molecular complexity index is 783. The van der Waals surface area contributed by atoms with Crippen molar-refractivity contribution in [1.29, 1.82) is 0 Å². The van der Waals surface area contributed by atoms with E-state index in [0.717, 1.165) is 36.6 Å². The predicted molar refractivity (Wildman–Crippen MR) is 105 cm³/mol. The van der Waals surface area contributed by atoms with Gasteiger partial charge < -0.3 is 19.7 Å². The maximum atomic E-state index is 12.2. The van der Waals surface area contributed by atoms with Gasteiger partial charge in [0.05, 0.1) is 0 Å². The lowest BCUT2D eigenvalue weighted by molar-refractivity contribution is -0.121. The Morgan fingerprint density at radius 2 is 1.67 bits per heavy atom. The predicted octanol–water partition coefficient (Wildman–Crippen LogP) is 3.65. The molecule has 0 atom stereocenters. The molecule has 0 unspecified atom stereocenters. The van der Waals surface area contributed by atoms with Crippen molar-refractivity contribution in [1.82, 2.24) is 5.32 Å². The van der Waals surface area contributed by atoms with Crippen LogP contribution in [-0.4, -0.2) is 25.8 Å². The molecule has 5 nitrogen and oxygen atoms in total. The Kier molecular flexibility index (Phi) is 5.47. The van der Waals surface area contributed by atoms with Crippen molar-refractivity contribution in [2.45, 2.75) is 38.6 Å². The molecule has 1 fully saturated rings. The van der Waals surface area contributed by atoms with E-state index >= 15 is 0 Å². The smallest absolute Gasteiger partial charge is 0.231 e. The molecule has 2 aliphatic heterocycles. The molecule has 5 heteroatoms. The van der Waals surface area contributed by atoms with Crippen molar-refractivity contribution in [3.05, 3.63) is 53.6 Å². The van der Waals surface area contributed by atoms with Crippen LogP contribution in [0.3, 0.4) is 0 Å². The molecule has 0 saturated carbocycles. The second kappa shape index (κ2) is 8.33. The summed E-state index contributed by atoms with van der Waals surface area (Å²) in [5.74, 6) is 1.57. The summed E-state index contributed by atoms with van der Waals surface area (Å²) < 4.78 is 10.7. The van der Waals surface area contributed by atoms with Crippen molar-refractivity contribution in [3.8, 4) is 11.5 Å². The van der Waals surface area contributed by atoms with Gasteiger partial charge >= 0.3 is 0 Å². The highest BCUT2D eigenvalue weighted by atomic mass is 16.7. The zero-order valence-electron chi connectivity index (χ0n) is 15.6. The summed E-state index contributed by atoms with van der Waals surface area (Å²) >= 11 is 0. The standard InChI is InChI=1S/C22H26N2O3/c25-22(23-15-18-6-10-20-21(14-18)27-16-26-20)11-7-17-4-8-19(9-5-17)24-12-2-1-3-13-24/h4-6,8-10,14H,1-3,7,11-13,15-16H2,(H,23,25). The molecule has 2 aromatic carbocycles. The topological polar surface area (TPSA) is 50.8 Å². The van der Waals surface area contributed by atoms with Gasteiger partial charge in [0.25, 0.3) is 0 Å². The van der Waals surface area contributed by atoms with Crippen molar-refractivity contribution in [3.63, 3.8) is 0 Å². The number of hydrogen-bond donors (Lipinski definition) is 1. The summed E-state index contributed by atoms with van der Waals surface area (Å²) in [6.07, 6.45) is 5.16. The highest BCUT2D eigenvalue weighted by Gasteiger charge is 2.14. The first kappa shape index (κ1) is 17.7. The molecule has 0 aromatic heterocycles. The Balaban J connectivity index is 1.23. The monoisotopic (exact) mass is 366 g/mol. The van der Waals surface area contributed by atoms with Crippen LogP contribution in [-0.2, 0) is 17.8 Å². The van der Waals surface area contributed by atoms with E-state index in [2.05, 4.69) is 34.5 Å². The number of aryl methyl sites for hydroxylation is 1. The van der Waals surface area contributed by atoms with E-state index < -0.39 is 0 Å². The molecule has 0 spiro atoms. The summed E-state index contributed by atoms with van der Waals surface area (Å²) in [5.41, 5.74) is 3.51. The van der Waals surface area contributed by atoms with Gasteiger partial charge in [0.1, 0.15) is 0 Å². The molecule has 27 heavy (non-hydrogen) atoms. The molecule has 2 aromatic rings. The van der Waals surface area contributed by atoms with Gasteiger partial charge in [-0.25, -0.2) is 0 Å². The number of nitrogens with one attached hydrogen (secondary N) is 1. The number of amides is 1. The number of hydrogen-bond acceptors (Lipinski definition) is 4. The summed E-state index contributed by atoms with van der Waals surface area (Å²) in [7, 11) is 0. The first-order valence-corrected chi connectivity index (χ1v) is 9.77. The number of fused-ring (bicyclic) bond motifs is 1. The van der Waals surface area contributed by atoms with Crippen LogP contribution in [0, 0.1) is 0 Å². The second-order valence-corrected chi connectivity index (χ2v) is 7.18. The molecule has 2 aliphatic rings. The van der Waals surface area contributed by atoms with Crippen LogP contribution in [0.4, 0.5) is 5.69 Å². The minimum absolute atomic E-state index is 0.0628. The van der Waals surface area contributed by atoms with Gasteiger partial charge in [0, 0.05) is 31.7 Å². The second-order valence-electron chi connectivity index (χ2n) is 7.18. The molecule has 142 valence electrons. The van der Waals surface area contributed by atoms with Crippen molar-refractivity contribution in [2.24, 2.45) is 0 Å². The Morgan fingerprint density at radius 3 is 2.48 bits per heavy atom. The Labute approximate surface area is 160 Å². The fourth-order valence-corrected chi connectivity index (χ4v) is 3.62. The number of anilines is 1. The lowest BCUT2D eigenvalue weighted by Gasteiger charge is -2.28. The SMILES string of the molecule is O=C(CCc1ccc(N2CCCCC2)cc1)NCc1ccc2c(c1)OCO2. The highest BCUT2D eigenvalue weighted by molar-refractivity contribution is 5.76. The first-order valence-electron chi connectivity index (χ1n) is 9.77. The van der Waals surface area contributed by atoms with Crippen LogP contribution in [0.2, 0.25) is 0 Å². The Hall–Kier alpha value is -2.69. The number of benzene rings is 2. The van der Waals surface area contributed by atoms with Gasteiger partial charge in [-0.15, -0.1) is 0 Å². The van der Waals surface area contributed by atoms with Gasteiger partial charge in [-0.1, -0.05) is 18.2 Å². The van der Waals surface area contributed by atoms with E-state index in [1.807, 2.05) is 18.2 Å². The fraction of sp³-hybridized carbons (Fsp3) is 0.409. The van der Waals surface area contributed by atoms with Gasteiger partial charge in [0.15, 0.2) is 11.5 Å². The lowest BCUT2D eigenvalue weighted by Crippen LogP contribution is -2.29. The van der Waals surface area contributed by atoms with Gasteiger partial charge in [-0.2, -0.15) is 0 Å². The molecule has 2 heterocycles. The van der Waals surface area contributed by atoms with E-state index in [1.165, 1.54) is 30.5 Å². The van der Waals surface area contributed by atoms with Gasteiger partial charge in [-0.3, -0.25) is 4.79 Å². The van der Waals surface area contributed by atoms with Crippen LogP contribution in [0.1, 0.15) is 36.8 Å². The van der Waals surface area contributed by atoms with E-state index in [9.17, 15) is 4.79 Å². The minimum Gasteiger partial charge on any atom is -0.454 e. The quantitative estimate of drug-likeness (QED) is 0.848. The van der Waals surface area contributed by atoms with E-state index in [0.29, 0.717) is 13.0 Å². The van der Waals surface area contributed by atoms with Crippen LogP contribution in [0.15, 0.2) is 42.5 Å². The number of carbonyl (C=O) groups excluding carboxylic acids is 1. The average Bonchev–Trinajstić information content (AvgIpc) is 3.19. The van der Waals surface area contributed by atoms with Gasteiger partial charge in [0.2, 0.25) is 12.7 Å². The summed E-state index contributed by atoms with van der Waals surface area (Å²) in [6, 6.07) is 14.4. The zero-order valence-corrected chi connectivity index (χ0v) is 15.6. The maximum Gasteiger partial charge on any atom is 0.231 e. The fourth-order valence-electron chi connectivity index (χ4n) is 3.62. The maximum absolute atomic E-state index is 12.2. The normalized spacial score (nSPS) is 15.6. The molecule has 0 bridgehead atoms. The van der Waals surface area contributed by atoms with E-state index in [4.69, 9.17) is 9.47 Å². The lowest BCUT2D eigenvalue weighted by atomic mass is 10.1. The van der Waals surface area contributed by atoms with Crippen LogP contribution in [0.5, 0.6) is 11.5 Å². The first-order chi connectivity index (χ1) is 13.3. The van der Waals surface area contributed by atoms with Crippen molar-refractivity contribution < 1.29 is 14.3 Å². The third-order valence-electron chi connectivity index (χ3n) is 5.22. The number of nitrogens with zero attached hydrogens (tertiary/aromatic N) is 1. The van der Waals surface area contributed by atoms with E-state index in [-0.39, 0.29) is 12.7 Å². The Morgan fingerprint density at radius 1 is 0.926 bits per heavy atom. The third kappa shape index (κ3) is 4.54. The van der Waals surface area contributed by atoms with Crippen molar-refractivity contribution >= 4 is 11.6 Å². The molecular formula is C22H26N2O3. The molecule has 0 radical (unpaired) electrons. The summed E-state index contributed by atoms with van der Waals surface area (Å²) in [5, 5.41) is 2.98. The zero-order chi connectivity index (χ0) is 18.5. The summed E-state index contributed by atoms with van der Waals surface area (Å²) in [4.78, 5) is 14.6.